The number of carbonyl (C=O) groups is 1. The van der Waals surface area contributed by atoms with E-state index in [1.807, 2.05) is 13.8 Å². The maximum atomic E-state index is 11.6. The Labute approximate surface area is 106 Å². The molecule has 1 heterocycles. The van der Waals surface area contributed by atoms with Crippen molar-refractivity contribution in [2.24, 2.45) is 5.92 Å². The second kappa shape index (κ2) is 5.48. The third kappa shape index (κ3) is 3.53. The van der Waals surface area contributed by atoms with Gasteiger partial charge in [-0.2, -0.15) is 4.98 Å². The van der Waals surface area contributed by atoms with Gasteiger partial charge in [-0.15, -0.1) is 0 Å². The maximum Gasteiger partial charge on any atom is 0.249 e. The minimum absolute atomic E-state index is 0.174. The molecule has 18 heavy (non-hydrogen) atoms. The predicted molar refractivity (Wildman–Crippen MR) is 63.6 cm³/mol. The van der Waals surface area contributed by atoms with Gasteiger partial charge in [-0.1, -0.05) is 19.0 Å². The van der Waals surface area contributed by atoms with E-state index in [-0.39, 0.29) is 12.5 Å². The Balaban J connectivity index is 1.77. The molecule has 0 unspecified atom stereocenters. The van der Waals surface area contributed by atoms with Crippen LogP contribution in [-0.4, -0.2) is 27.3 Å². The first-order valence-corrected chi connectivity index (χ1v) is 6.34. The highest BCUT2D eigenvalue weighted by molar-refractivity contribution is 5.80. The van der Waals surface area contributed by atoms with Gasteiger partial charge in [0.05, 0.1) is 6.54 Å². The third-order valence-corrected chi connectivity index (χ3v) is 2.84. The number of hydrogen-bond donors (Lipinski definition) is 2. The molecule has 1 fully saturated rings. The van der Waals surface area contributed by atoms with Crippen LogP contribution in [0.5, 0.6) is 0 Å². The molecule has 2 rings (SSSR count). The van der Waals surface area contributed by atoms with Crippen molar-refractivity contribution >= 4 is 5.91 Å². The van der Waals surface area contributed by atoms with E-state index in [9.17, 15) is 9.90 Å². The average molecular weight is 253 g/mol. The molecule has 1 aromatic rings. The van der Waals surface area contributed by atoms with Crippen molar-refractivity contribution in [3.05, 3.63) is 11.7 Å². The van der Waals surface area contributed by atoms with Crippen LogP contribution in [-0.2, 0) is 11.3 Å². The molecule has 1 amide bonds. The lowest BCUT2D eigenvalue weighted by Gasteiger charge is -2.11. The van der Waals surface area contributed by atoms with Gasteiger partial charge in [0, 0.05) is 5.92 Å². The highest BCUT2D eigenvalue weighted by Crippen LogP contribution is 2.37. The zero-order valence-electron chi connectivity index (χ0n) is 10.7. The van der Waals surface area contributed by atoms with E-state index in [4.69, 9.17) is 4.52 Å². The largest absolute Gasteiger partial charge is 0.383 e. The molecule has 0 aromatic carbocycles. The minimum Gasteiger partial charge on any atom is -0.383 e. The van der Waals surface area contributed by atoms with Crippen LogP contribution >= 0.6 is 0 Å². The van der Waals surface area contributed by atoms with Crippen molar-refractivity contribution in [1.82, 2.24) is 15.5 Å². The fourth-order valence-electron chi connectivity index (χ4n) is 1.68. The fraction of sp³-hybridized carbons (Fsp3) is 0.750. The first-order chi connectivity index (χ1) is 8.56. The third-order valence-electron chi connectivity index (χ3n) is 2.84. The van der Waals surface area contributed by atoms with E-state index in [2.05, 4.69) is 15.5 Å². The van der Waals surface area contributed by atoms with Crippen molar-refractivity contribution in [3.8, 4) is 0 Å². The number of nitrogens with one attached hydrogen (secondary N) is 1. The zero-order valence-corrected chi connectivity index (χ0v) is 10.7. The van der Waals surface area contributed by atoms with Crippen LogP contribution in [0.3, 0.4) is 0 Å². The molecule has 0 saturated heterocycles. The molecule has 2 N–H and O–H groups in total. The number of aliphatic hydroxyl groups is 1. The molecule has 1 aliphatic rings. The molecule has 6 heteroatoms. The van der Waals surface area contributed by atoms with Crippen LogP contribution in [0.2, 0.25) is 0 Å². The average Bonchev–Trinajstić information content (AvgIpc) is 3.05. The Kier molecular flexibility index (Phi) is 3.96. The zero-order chi connectivity index (χ0) is 13.1. The summed E-state index contributed by atoms with van der Waals surface area (Å²) < 4.78 is 5.02. The standard InChI is InChI=1S/C12H19N3O3/c1-7(2)5-9(16)12(17)13-6-10-14-11(15-18-10)8-3-4-8/h7-9,16H,3-6H2,1-2H3,(H,13,17)/t9-/m1/s1. The van der Waals surface area contributed by atoms with Crippen molar-refractivity contribution in [1.29, 1.82) is 0 Å². The summed E-state index contributed by atoms with van der Waals surface area (Å²) in [4.78, 5) is 15.7. The summed E-state index contributed by atoms with van der Waals surface area (Å²) >= 11 is 0. The second-order valence-corrected chi connectivity index (χ2v) is 5.18. The minimum atomic E-state index is -0.976. The van der Waals surface area contributed by atoms with E-state index < -0.39 is 12.0 Å². The van der Waals surface area contributed by atoms with Gasteiger partial charge in [0.15, 0.2) is 5.82 Å². The molecule has 0 spiro atoms. The highest BCUT2D eigenvalue weighted by Gasteiger charge is 2.28. The van der Waals surface area contributed by atoms with Crippen LogP contribution in [0, 0.1) is 5.92 Å². The Bertz CT molecular complexity index is 412. The summed E-state index contributed by atoms with van der Waals surface area (Å²) in [6, 6.07) is 0. The molecule has 0 radical (unpaired) electrons. The predicted octanol–water partition coefficient (Wildman–Crippen LogP) is 0.970. The van der Waals surface area contributed by atoms with Gasteiger partial charge < -0.3 is 14.9 Å². The highest BCUT2D eigenvalue weighted by atomic mass is 16.5. The van der Waals surface area contributed by atoms with Crippen molar-refractivity contribution in [3.63, 3.8) is 0 Å². The summed E-state index contributed by atoms with van der Waals surface area (Å²) in [5.74, 6) is 1.43. The number of carbonyl (C=O) groups excluding carboxylic acids is 1. The molecule has 100 valence electrons. The molecule has 1 atom stereocenters. The van der Waals surface area contributed by atoms with Crippen LogP contribution in [0.15, 0.2) is 4.52 Å². The molecule has 1 saturated carbocycles. The van der Waals surface area contributed by atoms with E-state index in [0.29, 0.717) is 18.2 Å². The Morgan fingerprint density at radius 3 is 2.89 bits per heavy atom. The van der Waals surface area contributed by atoms with Gasteiger partial charge in [0.1, 0.15) is 6.10 Å². The van der Waals surface area contributed by atoms with Crippen molar-refractivity contribution < 1.29 is 14.4 Å². The number of nitrogens with zero attached hydrogens (tertiary/aromatic N) is 2. The molecule has 1 aliphatic carbocycles. The number of rotatable bonds is 6. The smallest absolute Gasteiger partial charge is 0.249 e. The molecule has 0 aliphatic heterocycles. The van der Waals surface area contributed by atoms with Crippen LogP contribution < -0.4 is 5.32 Å². The quantitative estimate of drug-likeness (QED) is 0.788. The Morgan fingerprint density at radius 2 is 2.28 bits per heavy atom. The summed E-state index contributed by atoms with van der Waals surface area (Å²) in [5.41, 5.74) is 0. The van der Waals surface area contributed by atoms with Crippen molar-refractivity contribution in [2.45, 2.75) is 51.7 Å². The first-order valence-electron chi connectivity index (χ1n) is 6.34. The number of hydrogen-bond acceptors (Lipinski definition) is 5. The summed E-state index contributed by atoms with van der Waals surface area (Å²) in [7, 11) is 0. The molecule has 1 aromatic heterocycles. The van der Waals surface area contributed by atoms with Crippen LogP contribution in [0.1, 0.15) is 50.7 Å². The number of aliphatic hydroxyl groups excluding tert-OH is 1. The van der Waals surface area contributed by atoms with Crippen molar-refractivity contribution in [2.75, 3.05) is 0 Å². The van der Waals surface area contributed by atoms with E-state index in [1.54, 1.807) is 0 Å². The summed E-state index contributed by atoms with van der Waals surface area (Å²) in [6.07, 6.45) is 1.69. The molecular weight excluding hydrogens is 234 g/mol. The molecular formula is C12H19N3O3. The SMILES string of the molecule is CC(C)C[C@@H](O)C(=O)NCc1nc(C2CC2)no1. The van der Waals surface area contributed by atoms with Crippen LogP contribution in [0.4, 0.5) is 0 Å². The topological polar surface area (TPSA) is 88.2 Å². The summed E-state index contributed by atoms with van der Waals surface area (Å²) in [5, 5.41) is 16.0. The van der Waals surface area contributed by atoms with Gasteiger partial charge in [-0.3, -0.25) is 4.79 Å². The fourth-order valence-corrected chi connectivity index (χ4v) is 1.68. The van der Waals surface area contributed by atoms with Gasteiger partial charge in [-0.05, 0) is 25.2 Å². The van der Waals surface area contributed by atoms with Gasteiger partial charge in [-0.25, -0.2) is 0 Å². The lowest BCUT2D eigenvalue weighted by Crippen LogP contribution is -2.35. The lowest BCUT2D eigenvalue weighted by atomic mass is 10.1. The van der Waals surface area contributed by atoms with E-state index in [0.717, 1.165) is 18.7 Å². The normalized spacial score (nSPS) is 16.9. The first kappa shape index (κ1) is 13.0. The van der Waals surface area contributed by atoms with Crippen LogP contribution in [0.25, 0.3) is 0 Å². The maximum absolute atomic E-state index is 11.6. The van der Waals surface area contributed by atoms with Gasteiger partial charge in [0.25, 0.3) is 0 Å². The number of amides is 1. The Hall–Kier alpha value is -1.43. The molecule has 6 nitrogen and oxygen atoms in total. The monoisotopic (exact) mass is 253 g/mol. The van der Waals surface area contributed by atoms with Gasteiger partial charge in [0.2, 0.25) is 11.8 Å². The Morgan fingerprint density at radius 1 is 1.56 bits per heavy atom. The van der Waals surface area contributed by atoms with Gasteiger partial charge >= 0.3 is 0 Å². The molecule has 0 bridgehead atoms. The number of aromatic nitrogens is 2. The summed E-state index contributed by atoms with van der Waals surface area (Å²) in [6.45, 7) is 4.08. The van der Waals surface area contributed by atoms with E-state index in [1.165, 1.54) is 0 Å². The second-order valence-electron chi connectivity index (χ2n) is 5.18. The van der Waals surface area contributed by atoms with E-state index >= 15 is 0 Å². The lowest BCUT2D eigenvalue weighted by molar-refractivity contribution is -0.130.